The number of nitrogens with one attached hydrogen (secondary N) is 2. The summed E-state index contributed by atoms with van der Waals surface area (Å²) in [5.41, 5.74) is 2.86. The standard InChI is InChI=1S/C13H13BrN2OS2/c1-7-3-9(14)5-10(4-7)16-12(17)6-11-8(2)15-13(18)19-11/h3-5H,6H2,1-2H3,(H,15,18)(H,16,17). The van der Waals surface area contributed by atoms with E-state index >= 15 is 0 Å². The first-order valence-corrected chi connectivity index (χ1v) is 7.71. The Bertz CT molecular complexity index is 655. The predicted octanol–water partition coefficient (Wildman–Crippen LogP) is 4.37. The van der Waals surface area contributed by atoms with E-state index in [-0.39, 0.29) is 5.91 Å². The summed E-state index contributed by atoms with van der Waals surface area (Å²) in [5.74, 6) is -0.0362. The number of carbonyl (C=O) groups excluding carboxylic acids is 1. The van der Waals surface area contributed by atoms with Crippen LogP contribution in [0.2, 0.25) is 0 Å². The van der Waals surface area contributed by atoms with Crippen LogP contribution >= 0.6 is 39.5 Å². The Balaban J connectivity index is 2.09. The zero-order valence-electron chi connectivity index (χ0n) is 10.5. The maximum atomic E-state index is 12.0. The van der Waals surface area contributed by atoms with Gasteiger partial charge in [0.05, 0.1) is 6.42 Å². The highest BCUT2D eigenvalue weighted by molar-refractivity contribution is 9.10. The van der Waals surface area contributed by atoms with Crippen molar-refractivity contribution < 1.29 is 4.79 Å². The van der Waals surface area contributed by atoms with E-state index in [1.165, 1.54) is 11.3 Å². The first kappa shape index (κ1) is 14.4. The first-order valence-electron chi connectivity index (χ1n) is 5.69. The molecule has 2 rings (SSSR count). The molecule has 0 aliphatic rings. The maximum absolute atomic E-state index is 12.0. The molecule has 1 aromatic heterocycles. The fraction of sp³-hybridized carbons (Fsp3) is 0.231. The molecule has 19 heavy (non-hydrogen) atoms. The van der Waals surface area contributed by atoms with Crippen LogP contribution in [0, 0.1) is 17.8 Å². The second-order valence-electron chi connectivity index (χ2n) is 4.30. The Hall–Kier alpha value is -0.980. The largest absolute Gasteiger partial charge is 0.341 e. The summed E-state index contributed by atoms with van der Waals surface area (Å²) >= 11 is 9.93. The van der Waals surface area contributed by atoms with Gasteiger partial charge >= 0.3 is 0 Å². The molecule has 2 aromatic rings. The van der Waals surface area contributed by atoms with Crippen LogP contribution in [0.1, 0.15) is 16.1 Å². The molecule has 1 amide bonds. The Kier molecular flexibility index (Phi) is 4.54. The van der Waals surface area contributed by atoms with Crippen molar-refractivity contribution in [3.05, 3.63) is 42.8 Å². The van der Waals surface area contributed by atoms with Crippen LogP contribution in [0.15, 0.2) is 22.7 Å². The van der Waals surface area contributed by atoms with Gasteiger partial charge in [-0.2, -0.15) is 0 Å². The number of aromatic amines is 1. The molecule has 2 N–H and O–H groups in total. The van der Waals surface area contributed by atoms with Crippen molar-refractivity contribution in [3.63, 3.8) is 0 Å². The number of halogens is 1. The van der Waals surface area contributed by atoms with Gasteiger partial charge in [0.2, 0.25) is 5.91 Å². The van der Waals surface area contributed by atoms with Crippen molar-refractivity contribution >= 4 is 51.1 Å². The smallest absolute Gasteiger partial charge is 0.229 e. The van der Waals surface area contributed by atoms with E-state index in [4.69, 9.17) is 12.2 Å². The van der Waals surface area contributed by atoms with Gasteiger partial charge in [0.25, 0.3) is 0 Å². The molecule has 1 aromatic carbocycles. The quantitative estimate of drug-likeness (QED) is 0.802. The number of carbonyl (C=O) groups is 1. The van der Waals surface area contributed by atoms with E-state index < -0.39 is 0 Å². The Morgan fingerprint density at radius 1 is 1.42 bits per heavy atom. The summed E-state index contributed by atoms with van der Waals surface area (Å²) in [4.78, 5) is 16.0. The zero-order valence-corrected chi connectivity index (χ0v) is 13.8. The molecule has 0 radical (unpaired) electrons. The number of aryl methyl sites for hydroxylation is 2. The van der Waals surface area contributed by atoms with Crippen LogP contribution in [-0.4, -0.2) is 10.9 Å². The van der Waals surface area contributed by atoms with Crippen molar-refractivity contribution in [2.24, 2.45) is 0 Å². The minimum atomic E-state index is -0.0362. The van der Waals surface area contributed by atoms with Crippen molar-refractivity contribution in [2.75, 3.05) is 5.32 Å². The van der Waals surface area contributed by atoms with Crippen LogP contribution in [0.4, 0.5) is 5.69 Å². The molecular weight excluding hydrogens is 344 g/mol. The summed E-state index contributed by atoms with van der Waals surface area (Å²) < 4.78 is 1.66. The van der Waals surface area contributed by atoms with Crippen molar-refractivity contribution in [2.45, 2.75) is 20.3 Å². The third-order valence-electron chi connectivity index (χ3n) is 2.57. The summed E-state index contributed by atoms with van der Waals surface area (Å²) in [6.07, 6.45) is 0.342. The molecule has 0 bridgehead atoms. The summed E-state index contributed by atoms with van der Waals surface area (Å²) in [5, 5.41) is 2.90. The molecular formula is C13H13BrN2OS2. The molecule has 1 heterocycles. The second kappa shape index (κ2) is 5.98. The van der Waals surface area contributed by atoms with Crippen molar-refractivity contribution in [1.82, 2.24) is 4.98 Å². The zero-order chi connectivity index (χ0) is 14.0. The van der Waals surface area contributed by atoms with Crippen molar-refractivity contribution in [1.29, 1.82) is 0 Å². The van der Waals surface area contributed by atoms with E-state index in [9.17, 15) is 4.79 Å². The SMILES string of the molecule is Cc1cc(Br)cc(NC(=O)Cc2sc(=S)[nH]c2C)c1. The van der Waals surface area contributed by atoms with Gasteiger partial charge in [0.1, 0.15) is 0 Å². The van der Waals surface area contributed by atoms with E-state index in [0.29, 0.717) is 10.4 Å². The molecule has 0 atom stereocenters. The van der Waals surface area contributed by atoms with Gasteiger partial charge < -0.3 is 10.3 Å². The topological polar surface area (TPSA) is 44.9 Å². The fourth-order valence-electron chi connectivity index (χ4n) is 1.76. The van der Waals surface area contributed by atoms with E-state index in [0.717, 1.165) is 26.3 Å². The van der Waals surface area contributed by atoms with Crippen molar-refractivity contribution in [3.8, 4) is 0 Å². The van der Waals surface area contributed by atoms with E-state index in [1.54, 1.807) is 0 Å². The van der Waals surface area contributed by atoms with Crippen LogP contribution in [0.25, 0.3) is 0 Å². The lowest BCUT2D eigenvalue weighted by molar-refractivity contribution is -0.115. The highest BCUT2D eigenvalue weighted by Gasteiger charge is 2.09. The van der Waals surface area contributed by atoms with Gasteiger partial charge in [-0.05, 0) is 49.8 Å². The highest BCUT2D eigenvalue weighted by Crippen LogP contribution is 2.20. The molecule has 0 saturated heterocycles. The van der Waals surface area contributed by atoms with Crippen LogP contribution < -0.4 is 5.32 Å². The number of amides is 1. The summed E-state index contributed by atoms with van der Waals surface area (Å²) in [6, 6.07) is 5.82. The van der Waals surface area contributed by atoms with Gasteiger partial charge in [0, 0.05) is 20.7 Å². The number of rotatable bonds is 3. The Labute approximate surface area is 129 Å². The highest BCUT2D eigenvalue weighted by atomic mass is 79.9. The van der Waals surface area contributed by atoms with Gasteiger partial charge in [-0.1, -0.05) is 15.9 Å². The average molecular weight is 357 g/mol. The number of hydrogen-bond acceptors (Lipinski definition) is 3. The number of benzene rings is 1. The summed E-state index contributed by atoms with van der Waals surface area (Å²) in [7, 11) is 0. The first-order chi connectivity index (χ1) is 8.94. The lowest BCUT2D eigenvalue weighted by Gasteiger charge is -2.06. The minimum absolute atomic E-state index is 0.0362. The normalized spacial score (nSPS) is 10.5. The lowest BCUT2D eigenvalue weighted by atomic mass is 10.2. The van der Waals surface area contributed by atoms with Gasteiger partial charge in [-0.3, -0.25) is 4.79 Å². The van der Waals surface area contributed by atoms with E-state index in [2.05, 4.69) is 26.2 Å². The van der Waals surface area contributed by atoms with Crippen LogP contribution in [0.5, 0.6) is 0 Å². The molecule has 0 aliphatic heterocycles. The molecule has 3 nitrogen and oxygen atoms in total. The molecule has 100 valence electrons. The number of hydrogen-bond donors (Lipinski definition) is 2. The van der Waals surface area contributed by atoms with Gasteiger partial charge in [-0.25, -0.2) is 0 Å². The number of H-pyrrole nitrogens is 1. The molecule has 0 fully saturated rings. The minimum Gasteiger partial charge on any atom is -0.341 e. The Morgan fingerprint density at radius 2 is 2.16 bits per heavy atom. The number of thiazole rings is 1. The van der Waals surface area contributed by atoms with E-state index in [1.807, 2.05) is 32.0 Å². The van der Waals surface area contributed by atoms with Gasteiger partial charge in [-0.15, -0.1) is 11.3 Å². The molecule has 0 unspecified atom stereocenters. The third-order valence-corrected chi connectivity index (χ3v) is 4.36. The maximum Gasteiger partial charge on any atom is 0.229 e. The lowest BCUT2D eigenvalue weighted by Crippen LogP contribution is -2.14. The number of anilines is 1. The second-order valence-corrected chi connectivity index (χ2v) is 6.99. The Morgan fingerprint density at radius 3 is 2.74 bits per heavy atom. The summed E-state index contributed by atoms with van der Waals surface area (Å²) in [6.45, 7) is 3.92. The average Bonchev–Trinajstić information content (AvgIpc) is 2.55. The molecule has 6 heteroatoms. The molecule has 0 aliphatic carbocycles. The fourth-order valence-corrected chi connectivity index (χ4v) is 3.66. The van der Waals surface area contributed by atoms with Crippen LogP contribution in [0.3, 0.4) is 0 Å². The molecule has 0 saturated carbocycles. The third kappa shape index (κ3) is 3.99. The van der Waals surface area contributed by atoms with Crippen LogP contribution in [-0.2, 0) is 11.2 Å². The number of aromatic nitrogens is 1. The predicted molar refractivity (Wildman–Crippen MR) is 85.5 cm³/mol. The molecule has 0 spiro atoms. The monoisotopic (exact) mass is 356 g/mol. The van der Waals surface area contributed by atoms with Gasteiger partial charge in [0.15, 0.2) is 3.95 Å².